The molecule has 276 valence electrons. The fourth-order valence-electron chi connectivity index (χ4n) is 7.47. The maximum absolute atomic E-state index is 13.3. The SMILES string of the molecule is C.S.S.[C-]#[N+]C[C@H]1CN(c2nc(OC[C@@H]3CCCN3C)nc3c2CCN(c2cccc4cccc(Cl)c24)C3)CCN1C(=O)/C=C/CN1CC(F)C1. The van der Waals surface area contributed by atoms with E-state index in [1.54, 1.807) is 17.1 Å². The van der Waals surface area contributed by atoms with E-state index in [0.29, 0.717) is 64.5 Å². The summed E-state index contributed by atoms with van der Waals surface area (Å²) in [6.07, 6.45) is 5.58. The highest BCUT2D eigenvalue weighted by Gasteiger charge is 2.35. The number of aromatic nitrogens is 2. The summed E-state index contributed by atoms with van der Waals surface area (Å²) in [6, 6.07) is 12.7. The first-order valence-electron chi connectivity index (χ1n) is 16.9. The average Bonchev–Trinajstić information content (AvgIpc) is 3.50. The van der Waals surface area contributed by atoms with Crippen LogP contribution in [-0.2, 0) is 17.8 Å². The Balaban J connectivity index is 0.00000194. The second-order valence-electron chi connectivity index (χ2n) is 13.3. The van der Waals surface area contributed by atoms with Gasteiger partial charge in [-0.3, -0.25) is 9.69 Å². The molecule has 1 aromatic heterocycles. The number of benzene rings is 2. The van der Waals surface area contributed by atoms with Gasteiger partial charge in [0.2, 0.25) is 12.5 Å². The Morgan fingerprint density at radius 2 is 1.84 bits per heavy atom. The molecule has 14 heteroatoms. The van der Waals surface area contributed by atoms with Crippen molar-refractivity contribution in [2.45, 2.75) is 51.5 Å². The van der Waals surface area contributed by atoms with Crippen LogP contribution in [0.4, 0.5) is 15.9 Å². The fourth-order valence-corrected chi connectivity index (χ4v) is 7.75. The maximum Gasteiger partial charge on any atom is 0.318 e. The van der Waals surface area contributed by atoms with E-state index in [0.717, 1.165) is 70.9 Å². The largest absolute Gasteiger partial charge is 0.462 e. The monoisotopic (exact) mass is 756 g/mol. The number of fused-ring (bicyclic) bond motifs is 2. The van der Waals surface area contributed by atoms with E-state index in [1.807, 2.05) is 17.0 Å². The van der Waals surface area contributed by atoms with Crippen molar-refractivity contribution in [3.05, 3.63) is 76.2 Å². The number of nitrogens with zero attached hydrogens (tertiary/aromatic N) is 8. The molecule has 5 heterocycles. The van der Waals surface area contributed by atoms with Gasteiger partial charge in [0.25, 0.3) is 0 Å². The van der Waals surface area contributed by atoms with Crippen LogP contribution in [0.1, 0.15) is 31.5 Å². The predicted molar refractivity (Wildman–Crippen MR) is 214 cm³/mol. The van der Waals surface area contributed by atoms with Crippen LogP contribution in [0.15, 0.2) is 48.6 Å². The van der Waals surface area contributed by atoms with Gasteiger partial charge in [-0.05, 0) is 50.4 Å². The van der Waals surface area contributed by atoms with Gasteiger partial charge in [0.05, 0.1) is 17.3 Å². The van der Waals surface area contributed by atoms with E-state index in [9.17, 15) is 9.18 Å². The molecule has 0 unspecified atom stereocenters. The van der Waals surface area contributed by atoms with Gasteiger partial charge in [-0.1, -0.05) is 49.4 Å². The van der Waals surface area contributed by atoms with Gasteiger partial charge < -0.3 is 29.2 Å². The van der Waals surface area contributed by atoms with Crippen molar-refractivity contribution in [2.24, 2.45) is 0 Å². The molecule has 51 heavy (non-hydrogen) atoms. The zero-order valence-corrected chi connectivity index (χ0v) is 31.2. The summed E-state index contributed by atoms with van der Waals surface area (Å²) < 4.78 is 19.5. The van der Waals surface area contributed by atoms with Crippen LogP contribution >= 0.6 is 38.6 Å². The molecular weight excluding hydrogens is 707 g/mol. The third-order valence-electron chi connectivity index (χ3n) is 10.2. The number of likely N-dealkylation sites (tertiary alicyclic amines) is 2. The summed E-state index contributed by atoms with van der Waals surface area (Å²) in [5, 5.41) is 2.86. The first kappa shape index (κ1) is 40.5. The standard InChI is InChI=1S/C36H42ClFN8O2.CH4.2H2S/c1-39-19-28-22-45(17-18-46(28)33(47)12-6-15-43-20-26(38)21-43)35-29-13-16-44(32-11-4-8-25-7-3-10-30(37)34(25)32)23-31(29)40-36(41-35)48-24-27-9-5-14-42(27)2;;;/h3-4,6-8,10-12,26-28H,5,9,13-24H2,2H3;1H4;2*1H2/b12-6+;;;/t27-,28-;;;/m0.../s1. The molecule has 0 radical (unpaired) electrons. The van der Waals surface area contributed by atoms with Gasteiger partial charge in [0.15, 0.2) is 0 Å². The summed E-state index contributed by atoms with van der Waals surface area (Å²) in [4.78, 5) is 37.6. The van der Waals surface area contributed by atoms with Crippen LogP contribution in [0, 0.1) is 6.57 Å². The van der Waals surface area contributed by atoms with Crippen molar-refractivity contribution < 1.29 is 13.9 Å². The van der Waals surface area contributed by atoms with E-state index >= 15 is 0 Å². The molecule has 1 amide bonds. The number of carbonyl (C=O) groups excluding carboxylic acids is 1. The van der Waals surface area contributed by atoms with Gasteiger partial charge >= 0.3 is 6.01 Å². The third-order valence-corrected chi connectivity index (χ3v) is 10.5. The lowest BCUT2D eigenvalue weighted by molar-refractivity contribution is -0.128. The summed E-state index contributed by atoms with van der Waals surface area (Å²) in [5.74, 6) is 0.723. The number of hydrogen-bond donors (Lipinski definition) is 0. The van der Waals surface area contributed by atoms with Crippen LogP contribution < -0.4 is 14.5 Å². The molecule has 4 aliphatic heterocycles. The highest BCUT2D eigenvalue weighted by atomic mass is 35.5. The van der Waals surface area contributed by atoms with Crippen LogP contribution in [0.2, 0.25) is 5.02 Å². The predicted octanol–water partition coefficient (Wildman–Crippen LogP) is 5.33. The Kier molecular flexibility index (Phi) is 14.3. The molecule has 0 aliphatic carbocycles. The zero-order valence-electron chi connectivity index (χ0n) is 28.4. The summed E-state index contributed by atoms with van der Waals surface area (Å²) in [7, 11) is 2.13. The first-order valence-corrected chi connectivity index (χ1v) is 17.3. The fraction of sp³-hybridized carbons (Fsp3) is 0.514. The number of ether oxygens (including phenoxy) is 1. The lowest BCUT2D eigenvalue weighted by Crippen LogP contribution is -2.56. The van der Waals surface area contributed by atoms with Gasteiger partial charge in [-0.25, -0.2) is 11.0 Å². The van der Waals surface area contributed by atoms with Gasteiger partial charge in [0, 0.05) is 74.6 Å². The van der Waals surface area contributed by atoms with E-state index in [4.69, 9.17) is 32.9 Å². The second kappa shape index (κ2) is 18.0. The number of hydrogen-bond acceptors (Lipinski definition) is 8. The van der Waals surface area contributed by atoms with Crippen LogP contribution in [0.5, 0.6) is 6.01 Å². The van der Waals surface area contributed by atoms with Crippen molar-refractivity contribution in [1.29, 1.82) is 0 Å². The minimum Gasteiger partial charge on any atom is -0.462 e. The van der Waals surface area contributed by atoms with Crippen molar-refractivity contribution >= 4 is 66.8 Å². The molecule has 0 spiro atoms. The zero-order chi connectivity index (χ0) is 33.2. The molecule has 0 N–H and O–H groups in total. The second-order valence-corrected chi connectivity index (χ2v) is 13.7. The molecule has 2 aromatic carbocycles. The highest BCUT2D eigenvalue weighted by molar-refractivity contribution is 7.59. The number of likely N-dealkylation sites (N-methyl/N-ethyl adjacent to an activating group) is 1. The van der Waals surface area contributed by atoms with Gasteiger partial charge in [0.1, 0.15) is 24.6 Å². The Labute approximate surface area is 320 Å². The Hall–Kier alpha value is -3.28. The van der Waals surface area contributed by atoms with Crippen molar-refractivity contribution in [1.82, 2.24) is 24.7 Å². The van der Waals surface area contributed by atoms with Crippen LogP contribution in [0.25, 0.3) is 15.6 Å². The van der Waals surface area contributed by atoms with Gasteiger partial charge in [-0.15, -0.1) is 0 Å². The molecule has 0 bridgehead atoms. The van der Waals surface area contributed by atoms with E-state index < -0.39 is 6.17 Å². The molecule has 2 atom stereocenters. The molecule has 4 aliphatic rings. The number of anilines is 2. The Morgan fingerprint density at radius 3 is 2.57 bits per heavy atom. The van der Waals surface area contributed by atoms with Crippen LogP contribution in [-0.4, -0.2) is 121 Å². The normalized spacial score (nSPS) is 20.9. The van der Waals surface area contributed by atoms with Gasteiger partial charge in [-0.2, -0.15) is 37.0 Å². The van der Waals surface area contributed by atoms with Crippen molar-refractivity contribution in [2.75, 3.05) is 82.4 Å². The van der Waals surface area contributed by atoms with E-state index in [-0.39, 0.29) is 52.9 Å². The lowest BCUT2D eigenvalue weighted by Gasteiger charge is -2.41. The molecule has 10 nitrogen and oxygen atoms in total. The number of carbonyl (C=O) groups is 1. The number of halogens is 2. The topological polar surface area (TPSA) is 72.6 Å². The smallest absolute Gasteiger partial charge is 0.318 e. The maximum atomic E-state index is 13.3. The molecule has 0 saturated carbocycles. The number of amides is 1. The lowest BCUT2D eigenvalue weighted by atomic mass is 10.0. The Bertz CT molecular complexity index is 1730. The number of alkyl halides is 1. The molecule has 3 aromatic rings. The first-order chi connectivity index (χ1) is 23.4. The summed E-state index contributed by atoms with van der Waals surface area (Å²) >= 11 is 6.73. The molecule has 3 saturated heterocycles. The molecular formula is C37H50ClFN8O2S2. The Morgan fingerprint density at radius 1 is 1.06 bits per heavy atom. The third kappa shape index (κ3) is 8.86. The highest BCUT2D eigenvalue weighted by Crippen LogP contribution is 2.37. The van der Waals surface area contributed by atoms with Crippen LogP contribution in [0.3, 0.4) is 0 Å². The molecule has 7 rings (SSSR count). The molecule has 3 fully saturated rings. The summed E-state index contributed by atoms with van der Waals surface area (Å²) in [6.45, 7) is 13.7. The summed E-state index contributed by atoms with van der Waals surface area (Å²) in [5.41, 5.74) is 3.09. The average molecular weight is 757 g/mol. The van der Waals surface area contributed by atoms with Crippen molar-refractivity contribution in [3.63, 3.8) is 0 Å². The minimum absolute atomic E-state index is 0. The minimum atomic E-state index is -0.771. The van der Waals surface area contributed by atoms with E-state index in [1.165, 1.54) is 0 Å². The number of piperazine rings is 1. The van der Waals surface area contributed by atoms with Crippen molar-refractivity contribution in [3.8, 4) is 6.01 Å². The quantitative estimate of drug-likeness (QED) is 0.215. The number of rotatable bonds is 9. The van der Waals surface area contributed by atoms with E-state index in [2.05, 4.69) is 50.9 Å².